The lowest BCUT2D eigenvalue weighted by Gasteiger charge is -2.07. The molecule has 0 nitrogen and oxygen atoms in total. The van der Waals surface area contributed by atoms with Crippen molar-refractivity contribution in [3.8, 4) is 0 Å². The molecule has 16 heavy (non-hydrogen) atoms. The highest BCUT2D eigenvalue weighted by Crippen LogP contribution is 2.32. The zero-order valence-corrected chi connectivity index (χ0v) is 12.1. The van der Waals surface area contributed by atoms with Crippen molar-refractivity contribution in [1.29, 1.82) is 0 Å². The molecule has 0 N–H and O–H groups in total. The number of aryl methyl sites for hydroxylation is 1. The molecular formula is C13H12BrClS. The van der Waals surface area contributed by atoms with E-state index < -0.39 is 0 Å². The summed E-state index contributed by atoms with van der Waals surface area (Å²) in [6.07, 6.45) is 0.997. The van der Waals surface area contributed by atoms with E-state index in [1.54, 1.807) is 0 Å². The minimum absolute atomic E-state index is 0.396. The Labute approximate surface area is 113 Å². The van der Waals surface area contributed by atoms with Gasteiger partial charge in [0, 0.05) is 14.8 Å². The molecule has 0 fully saturated rings. The third kappa shape index (κ3) is 3.09. The first-order chi connectivity index (χ1) is 7.65. The maximum atomic E-state index is 5.86. The Morgan fingerprint density at radius 1 is 1.19 bits per heavy atom. The lowest BCUT2D eigenvalue weighted by molar-refractivity contribution is 0.970. The van der Waals surface area contributed by atoms with E-state index in [2.05, 4.69) is 47.1 Å². The Bertz CT molecular complexity index is 461. The predicted molar refractivity (Wildman–Crippen MR) is 75.9 cm³/mol. The van der Waals surface area contributed by atoms with Crippen LogP contribution >= 0.6 is 38.9 Å². The SMILES string of the molecule is Cc1ccc(C(Br)Cc2ccc(Cl)cc2)s1. The minimum atomic E-state index is 0.396. The normalized spacial score (nSPS) is 12.7. The minimum Gasteiger partial charge on any atom is -0.145 e. The average Bonchev–Trinajstić information content (AvgIpc) is 2.68. The standard InChI is InChI=1S/C13H12BrClS/c1-9-2-7-13(16-9)12(14)8-10-3-5-11(15)6-4-10/h2-7,12H,8H2,1H3. The van der Waals surface area contributed by atoms with Crippen LogP contribution in [-0.4, -0.2) is 0 Å². The Hall–Kier alpha value is -0.310. The monoisotopic (exact) mass is 314 g/mol. The predicted octanol–water partition coefficient (Wildman–Crippen LogP) is 5.39. The molecule has 1 aromatic carbocycles. The van der Waals surface area contributed by atoms with Crippen LogP contribution in [-0.2, 0) is 6.42 Å². The number of halogens is 2. The number of thiophene rings is 1. The molecule has 0 saturated heterocycles. The summed E-state index contributed by atoms with van der Waals surface area (Å²) in [7, 11) is 0. The van der Waals surface area contributed by atoms with Crippen LogP contribution in [0, 0.1) is 6.92 Å². The van der Waals surface area contributed by atoms with Crippen LogP contribution < -0.4 is 0 Å². The van der Waals surface area contributed by atoms with Gasteiger partial charge >= 0.3 is 0 Å². The molecule has 1 atom stereocenters. The Kier molecular flexibility index (Phi) is 4.06. The smallest absolute Gasteiger partial charge is 0.0529 e. The summed E-state index contributed by atoms with van der Waals surface area (Å²) in [6, 6.07) is 12.4. The van der Waals surface area contributed by atoms with E-state index >= 15 is 0 Å². The van der Waals surface area contributed by atoms with Crippen molar-refractivity contribution in [3.63, 3.8) is 0 Å². The summed E-state index contributed by atoms with van der Waals surface area (Å²) in [6.45, 7) is 2.14. The van der Waals surface area contributed by atoms with Gasteiger partial charge in [-0.3, -0.25) is 0 Å². The quantitative estimate of drug-likeness (QED) is 0.666. The third-order valence-corrected chi connectivity index (χ3v) is 4.88. The average molecular weight is 316 g/mol. The van der Waals surface area contributed by atoms with Crippen molar-refractivity contribution in [2.24, 2.45) is 0 Å². The van der Waals surface area contributed by atoms with Crippen molar-refractivity contribution in [2.45, 2.75) is 18.2 Å². The zero-order valence-electron chi connectivity index (χ0n) is 8.91. The first-order valence-electron chi connectivity index (χ1n) is 5.10. The molecule has 0 spiro atoms. The lowest BCUT2D eigenvalue weighted by atomic mass is 10.1. The van der Waals surface area contributed by atoms with E-state index in [0.29, 0.717) is 4.83 Å². The molecule has 1 aromatic heterocycles. The van der Waals surface area contributed by atoms with Crippen molar-refractivity contribution < 1.29 is 0 Å². The lowest BCUT2D eigenvalue weighted by Crippen LogP contribution is -1.92. The van der Waals surface area contributed by atoms with Crippen molar-refractivity contribution in [1.82, 2.24) is 0 Å². The number of hydrogen-bond acceptors (Lipinski definition) is 1. The van der Waals surface area contributed by atoms with Gasteiger partial charge in [0.2, 0.25) is 0 Å². The number of alkyl halides is 1. The topological polar surface area (TPSA) is 0 Å². The molecule has 2 aromatic rings. The van der Waals surface area contributed by atoms with Gasteiger partial charge in [-0.05, 0) is 43.2 Å². The highest BCUT2D eigenvalue weighted by Gasteiger charge is 2.10. The fourth-order valence-corrected chi connectivity index (χ4v) is 3.34. The summed E-state index contributed by atoms with van der Waals surface area (Å²) in [5.41, 5.74) is 1.30. The molecule has 3 heteroatoms. The van der Waals surface area contributed by atoms with Gasteiger partial charge in [-0.2, -0.15) is 0 Å². The van der Waals surface area contributed by atoms with Gasteiger partial charge < -0.3 is 0 Å². The molecule has 0 radical (unpaired) electrons. The second-order valence-electron chi connectivity index (χ2n) is 3.75. The van der Waals surface area contributed by atoms with Crippen LogP contribution in [0.15, 0.2) is 36.4 Å². The molecule has 0 aliphatic carbocycles. The van der Waals surface area contributed by atoms with Gasteiger partial charge in [0.05, 0.1) is 4.83 Å². The van der Waals surface area contributed by atoms with E-state index in [1.165, 1.54) is 15.3 Å². The van der Waals surface area contributed by atoms with E-state index in [9.17, 15) is 0 Å². The first kappa shape index (κ1) is 12.2. The Morgan fingerprint density at radius 3 is 2.44 bits per heavy atom. The van der Waals surface area contributed by atoms with E-state index in [0.717, 1.165) is 11.4 Å². The van der Waals surface area contributed by atoms with Crippen LogP contribution in [0.4, 0.5) is 0 Å². The molecular weight excluding hydrogens is 304 g/mol. The van der Waals surface area contributed by atoms with E-state index in [4.69, 9.17) is 11.6 Å². The van der Waals surface area contributed by atoms with E-state index in [1.807, 2.05) is 23.5 Å². The van der Waals surface area contributed by atoms with Crippen LogP contribution in [0.25, 0.3) is 0 Å². The second-order valence-corrected chi connectivity index (χ2v) is 6.61. The highest BCUT2D eigenvalue weighted by atomic mass is 79.9. The van der Waals surface area contributed by atoms with Gasteiger partial charge in [-0.25, -0.2) is 0 Å². The van der Waals surface area contributed by atoms with Crippen molar-refractivity contribution in [2.75, 3.05) is 0 Å². The fraction of sp³-hybridized carbons (Fsp3) is 0.231. The van der Waals surface area contributed by atoms with Crippen LogP contribution in [0.3, 0.4) is 0 Å². The van der Waals surface area contributed by atoms with Crippen LogP contribution in [0.1, 0.15) is 20.1 Å². The summed E-state index contributed by atoms with van der Waals surface area (Å²) in [5, 5.41) is 0.793. The molecule has 2 rings (SSSR count). The van der Waals surface area contributed by atoms with Gasteiger partial charge in [-0.1, -0.05) is 39.7 Å². The third-order valence-electron chi connectivity index (χ3n) is 2.40. The largest absolute Gasteiger partial charge is 0.145 e. The van der Waals surface area contributed by atoms with Crippen molar-refractivity contribution in [3.05, 3.63) is 56.7 Å². The van der Waals surface area contributed by atoms with E-state index in [-0.39, 0.29) is 0 Å². The number of hydrogen-bond donors (Lipinski definition) is 0. The Morgan fingerprint density at radius 2 is 1.88 bits per heavy atom. The summed E-state index contributed by atoms with van der Waals surface area (Å²) in [5.74, 6) is 0. The molecule has 0 amide bonds. The number of rotatable bonds is 3. The molecule has 1 heterocycles. The van der Waals surface area contributed by atoms with Gasteiger partial charge in [0.25, 0.3) is 0 Å². The maximum absolute atomic E-state index is 5.86. The fourth-order valence-electron chi connectivity index (χ4n) is 1.55. The Balaban J connectivity index is 2.07. The van der Waals surface area contributed by atoms with Gasteiger partial charge in [0.1, 0.15) is 0 Å². The summed E-state index contributed by atoms with van der Waals surface area (Å²) >= 11 is 11.4. The molecule has 0 bridgehead atoms. The van der Waals surface area contributed by atoms with Crippen LogP contribution in [0.5, 0.6) is 0 Å². The molecule has 0 aliphatic rings. The first-order valence-corrected chi connectivity index (χ1v) is 7.21. The van der Waals surface area contributed by atoms with Gasteiger partial charge in [-0.15, -0.1) is 11.3 Å². The van der Waals surface area contributed by atoms with Crippen LogP contribution in [0.2, 0.25) is 5.02 Å². The molecule has 0 saturated carbocycles. The zero-order chi connectivity index (χ0) is 11.5. The second kappa shape index (κ2) is 5.35. The van der Waals surface area contributed by atoms with Gasteiger partial charge in [0.15, 0.2) is 0 Å². The maximum Gasteiger partial charge on any atom is 0.0529 e. The molecule has 84 valence electrons. The van der Waals surface area contributed by atoms with Crippen molar-refractivity contribution >= 4 is 38.9 Å². The highest BCUT2D eigenvalue weighted by molar-refractivity contribution is 9.09. The number of benzene rings is 1. The summed E-state index contributed by atoms with van der Waals surface area (Å²) < 4.78 is 0. The summed E-state index contributed by atoms with van der Waals surface area (Å²) in [4.78, 5) is 3.13. The molecule has 1 unspecified atom stereocenters. The molecule has 0 aliphatic heterocycles.